The Hall–Kier alpha value is -1.71. The van der Waals surface area contributed by atoms with E-state index in [1.807, 2.05) is 43.0 Å². The molecule has 4 heteroatoms. The molecule has 0 amide bonds. The van der Waals surface area contributed by atoms with Gasteiger partial charge < -0.3 is 14.7 Å². The lowest BCUT2D eigenvalue weighted by molar-refractivity contribution is -0.138. The zero-order valence-electron chi connectivity index (χ0n) is 11.2. The molecule has 1 rings (SSSR count). The second kappa shape index (κ2) is 6.89. The summed E-state index contributed by atoms with van der Waals surface area (Å²) in [6, 6.07) is 7.00. The summed E-state index contributed by atoms with van der Waals surface area (Å²) >= 11 is 0. The van der Waals surface area contributed by atoms with Gasteiger partial charge in [-0.2, -0.15) is 0 Å². The lowest BCUT2D eigenvalue weighted by Gasteiger charge is -2.29. The van der Waals surface area contributed by atoms with Gasteiger partial charge in [0.25, 0.3) is 0 Å². The molecule has 0 saturated heterocycles. The number of carboxylic acid groups (broad SMARTS) is 1. The summed E-state index contributed by atoms with van der Waals surface area (Å²) < 4.78 is 5.56. The molecule has 0 spiro atoms. The Morgan fingerprint density at radius 3 is 2.61 bits per heavy atom. The Balaban J connectivity index is 3.08. The minimum absolute atomic E-state index is 0.563. The van der Waals surface area contributed by atoms with E-state index < -0.39 is 12.0 Å². The van der Waals surface area contributed by atoms with Gasteiger partial charge in [0.15, 0.2) is 0 Å². The van der Waals surface area contributed by atoms with Crippen molar-refractivity contribution in [3.05, 3.63) is 24.3 Å². The second-order valence-corrected chi connectivity index (χ2v) is 4.11. The molecule has 4 nitrogen and oxygen atoms in total. The summed E-state index contributed by atoms with van der Waals surface area (Å²) in [4.78, 5) is 13.0. The molecule has 0 bridgehead atoms. The third-order valence-electron chi connectivity index (χ3n) is 2.76. The van der Waals surface area contributed by atoms with Gasteiger partial charge in [0.05, 0.1) is 12.3 Å². The maximum absolute atomic E-state index is 11.2. The zero-order valence-corrected chi connectivity index (χ0v) is 11.2. The fraction of sp³-hybridized carbons (Fsp3) is 0.500. The number of carbonyl (C=O) groups is 1. The fourth-order valence-corrected chi connectivity index (χ4v) is 1.87. The van der Waals surface area contributed by atoms with Crippen LogP contribution in [0, 0.1) is 0 Å². The first kappa shape index (κ1) is 14.4. The van der Waals surface area contributed by atoms with Gasteiger partial charge in [0, 0.05) is 6.54 Å². The molecule has 1 N–H and O–H groups in total. The average molecular weight is 251 g/mol. The predicted octanol–water partition coefficient (Wildman–Crippen LogP) is 2.77. The maximum atomic E-state index is 11.2. The highest BCUT2D eigenvalue weighted by atomic mass is 16.5. The molecule has 0 aromatic heterocycles. The van der Waals surface area contributed by atoms with Crippen LogP contribution in [0.5, 0.6) is 5.75 Å². The number of nitrogens with zero attached hydrogens (tertiary/aromatic N) is 1. The van der Waals surface area contributed by atoms with Crippen molar-refractivity contribution in [2.24, 2.45) is 0 Å². The Kier molecular flexibility index (Phi) is 5.49. The Labute approximate surface area is 108 Å². The van der Waals surface area contributed by atoms with E-state index in [1.54, 1.807) is 6.92 Å². The molecular formula is C14H21NO3. The van der Waals surface area contributed by atoms with Gasteiger partial charge in [-0.15, -0.1) is 0 Å². The van der Waals surface area contributed by atoms with Crippen LogP contribution in [0.3, 0.4) is 0 Å². The highest BCUT2D eigenvalue weighted by molar-refractivity contribution is 5.78. The van der Waals surface area contributed by atoms with E-state index in [0.29, 0.717) is 13.2 Å². The monoisotopic (exact) mass is 251 g/mol. The molecule has 18 heavy (non-hydrogen) atoms. The molecule has 0 saturated carbocycles. The molecule has 100 valence electrons. The Bertz CT molecular complexity index is 392. The first-order valence-electron chi connectivity index (χ1n) is 6.33. The smallest absolute Gasteiger partial charge is 0.326 e. The number of hydrogen-bond acceptors (Lipinski definition) is 3. The van der Waals surface area contributed by atoms with Crippen LogP contribution in [0.2, 0.25) is 0 Å². The maximum Gasteiger partial charge on any atom is 0.326 e. The van der Waals surface area contributed by atoms with E-state index in [4.69, 9.17) is 4.74 Å². The van der Waals surface area contributed by atoms with Gasteiger partial charge in [-0.05, 0) is 32.4 Å². The summed E-state index contributed by atoms with van der Waals surface area (Å²) in [5.41, 5.74) is 0.844. The van der Waals surface area contributed by atoms with Gasteiger partial charge in [-0.1, -0.05) is 19.1 Å². The minimum Gasteiger partial charge on any atom is -0.492 e. The van der Waals surface area contributed by atoms with E-state index in [1.165, 1.54) is 0 Å². The molecule has 0 radical (unpaired) electrons. The zero-order chi connectivity index (χ0) is 13.5. The van der Waals surface area contributed by atoms with Crippen molar-refractivity contribution in [1.29, 1.82) is 0 Å². The Morgan fingerprint density at radius 2 is 2.06 bits per heavy atom. The second-order valence-electron chi connectivity index (χ2n) is 4.11. The highest BCUT2D eigenvalue weighted by Crippen LogP contribution is 2.29. The number of ether oxygens (including phenoxy) is 1. The molecule has 1 atom stereocenters. The van der Waals surface area contributed by atoms with Crippen molar-refractivity contribution in [2.45, 2.75) is 33.2 Å². The van der Waals surface area contributed by atoms with Crippen LogP contribution in [0.4, 0.5) is 5.69 Å². The van der Waals surface area contributed by atoms with Crippen LogP contribution in [0.15, 0.2) is 24.3 Å². The number of anilines is 1. The number of para-hydroxylation sites is 2. The van der Waals surface area contributed by atoms with Gasteiger partial charge in [0.1, 0.15) is 11.8 Å². The Morgan fingerprint density at radius 1 is 1.39 bits per heavy atom. The SMILES string of the molecule is CCCN(c1ccccc1OCC)C(C)C(=O)O. The molecule has 1 aromatic rings. The summed E-state index contributed by atoms with van der Waals surface area (Å²) in [5, 5.41) is 9.18. The third-order valence-corrected chi connectivity index (χ3v) is 2.76. The number of benzene rings is 1. The molecule has 0 aliphatic rings. The number of hydrogen-bond donors (Lipinski definition) is 1. The van der Waals surface area contributed by atoms with Crippen molar-refractivity contribution in [3.8, 4) is 5.75 Å². The van der Waals surface area contributed by atoms with E-state index in [0.717, 1.165) is 17.9 Å². The molecule has 1 aromatic carbocycles. The first-order chi connectivity index (χ1) is 8.61. The van der Waals surface area contributed by atoms with Gasteiger partial charge in [0.2, 0.25) is 0 Å². The highest BCUT2D eigenvalue weighted by Gasteiger charge is 2.22. The average Bonchev–Trinajstić information content (AvgIpc) is 2.36. The number of aliphatic carboxylic acids is 1. The summed E-state index contributed by atoms with van der Waals surface area (Å²) in [7, 11) is 0. The van der Waals surface area contributed by atoms with Crippen LogP contribution < -0.4 is 9.64 Å². The van der Waals surface area contributed by atoms with E-state index in [2.05, 4.69) is 0 Å². The van der Waals surface area contributed by atoms with Crippen LogP contribution in [-0.4, -0.2) is 30.3 Å². The molecule has 0 heterocycles. The first-order valence-corrected chi connectivity index (χ1v) is 6.33. The van der Waals surface area contributed by atoms with Crippen LogP contribution in [-0.2, 0) is 4.79 Å². The summed E-state index contributed by atoms with van der Waals surface area (Å²) in [6.45, 7) is 6.91. The van der Waals surface area contributed by atoms with Crippen molar-refractivity contribution >= 4 is 11.7 Å². The normalized spacial score (nSPS) is 11.9. The molecule has 0 aliphatic heterocycles. The van der Waals surface area contributed by atoms with E-state index in [-0.39, 0.29) is 0 Å². The lowest BCUT2D eigenvalue weighted by Crippen LogP contribution is -2.39. The van der Waals surface area contributed by atoms with Gasteiger partial charge in [-0.25, -0.2) is 4.79 Å². The van der Waals surface area contributed by atoms with Crippen molar-refractivity contribution in [2.75, 3.05) is 18.1 Å². The quantitative estimate of drug-likeness (QED) is 0.809. The molecule has 1 unspecified atom stereocenters. The van der Waals surface area contributed by atoms with Crippen molar-refractivity contribution in [3.63, 3.8) is 0 Å². The van der Waals surface area contributed by atoms with Crippen molar-refractivity contribution < 1.29 is 14.6 Å². The van der Waals surface area contributed by atoms with Crippen LogP contribution >= 0.6 is 0 Å². The van der Waals surface area contributed by atoms with Crippen LogP contribution in [0.25, 0.3) is 0 Å². The molecular weight excluding hydrogens is 230 g/mol. The summed E-state index contributed by atoms with van der Waals surface area (Å²) in [6.07, 6.45) is 0.887. The lowest BCUT2D eigenvalue weighted by atomic mass is 10.2. The summed E-state index contributed by atoms with van der Waals surface area (Å²) in [5.74, 6) is -0.0868. The number of rotatable bonds is 7. The van der Waals surface area contributed by atoms with Crippen molar-refractivity contribution in [1.82, 2.24) is 0 Å². The minimum atomic E-state index is -0.824. The standard InChI is InChI=1S/C14H21NO3/c1-4-10-15(11(3)14(16)17)12-8-6-7-9-13(12)18-5-2/h6-9,11H,4-5,10H2,1-3H3,(H,16,17). The van der Waals surface area contributed by atoms with Gasteiger partial charge >= 0.3 is 5.97 Å². The van der Waals surface area contributed by atoms with Gasteiger partial charge in [-0.3, -0.25) is 0 Å². The van der Waals surface area contributed by atoms with E-state index in [9.17, 15) is 9.90 Å². The third kappa shape index (κ3) is 3.39. The van der Waals surface area contributed by atoms with E-state index >= 15 is 0 Å². The van der Waals surface area contributed by atoms with Crippen LogP contribution in [0.1, 0.15) is 27.2 Å². The molecule has 0 fully saturated rings. The fourth-order valence-electron chi connectivity index (χ4n) is 1.87. The topological polar surface area (TPSA) is 49.8 Å². The number of carboxylic acids is 1. The molecule has 0 aliphatic carbocycles. The predicted molar refractivity (Wildman–Crippen MR) is 72.3 cm³/mol. The largest absolute Gasteiger partial charge is 0.492 e.